The molecule has 0 heterocycles. The second-order valence-corrected chi connectivity index (χ2v) is 9.79. The van der Waals surface area contributed by atoms with Crippen LogP contribution in [0.1, 0.15) is 42.5 Å². The minimum Gasteiger partial charge on any atom is -0.352 e. The largest absolute Gasteiger partial charge is 0.352 e. The van der Waals surface area contributed by atoms with Crippen LogP contribution >= 0.6 is 23.2 Å². The molecule has 0 aliphatic carbocycles. The van der Waals surface area contributed by atoms with Gasteiger partial charge in [0.25, 0.3) is 0 Å². The molecule has 3 rings (SSSR count). The predicted octanol–water partition coefficient (Wildman–Crippen LogP) is 6.40. The van der Waals surface area contributed by atoms with Gasteiger partial charge < -0.3 is 10.2 Å². The van der Waals surface area contributed by atoms with Gasteiger partial charge in [0.05, 0.1) is 6.42 Å². The standard InChI is InChI=1S/C29H32Cl2N2O2/c1-4-21(3)32-29(35)27(16-22-8-6-5-7-9-22)33(19-24-14-15-25(30)18-26(24)31)28(34)17-23-12-10-20(2)11-13-23/h5-15,18,21,27H,4,16-17,19H2,1-3H3,(H,32,35)/t21-,27-/m1/s1. The van der Waals surface area contributed by atoms with Crippen molar-refractivity contribution in [3.63, 3.8) is 0 Å². The van der Waals surface area contributed by atoms with Crippen molar-refractivity contribution in [1.82, 2.24) is 10.2 Å². The number of hydrogen-bond donors (Lipinski definition) is 1. The van der Waals surface area contributed by atoms with Gasteiger partial charge in [-0.15, -0.1) is 0 Å². The Kier molecular flexibility index (Phi) is 9.76. The third-order valence-electron chi connectivity index (χ3n) is 6.10. The first-order valence-electron chi connectivity index (χ1n) is 11.9. The van der Waals surface area contributed by atoms with Crippen LogP contribution in [0.3, 0.4) is 0 Å². The molecule has 0 bridgehead atoms. The zero-order chi connectivity index (χ0) is 25.4. The number of hydrogen-bond acceptors (Lipinski definition) is 2. The normalized spacial score (nSPS) is 12.6. The Morgan fingerprint density at radius 1 is 0.943 bits per heavy atom. The van der Waals surface area contributed by atoms with Gasteiger partial charge in [-0.05, 0) is 49.1 Å². The Morgan fingerprint density at radius 2 is 1.63 bits per heavy atom. The first kappa shape index (κ1) is 26.8. The molecule has 2 atom stereocenters. The van der Waals surface area contributed by atoms with Crippen LogP contribution in [-0.4, -0.2) is 28.8 Å². The summed E-state index contributed by atoms with van der Waals surface area (Å²) in [7, 11) is 0. The zero-order valence-electron chi connectivity index (χ0n) is 20.4. The molecule has 6 heteroatoms. The van der Waals surface area contributed by atoms with E-state index in [2.05, 4.69) is 5.32 Å². The quantitative estimate of drug-likeness (QED) is 0.343. The fourth-order valence-corrected chi connectivity index (χ4v) is 4.28. The Hall–Kier alpha value is -2.82. The van der Waals surface area contributed by atoms with E-state index in [0.717, 1.165) is 28.7 Å². The zero-order valence-corrected chi connectivity index (χ0v) is 21.9. The van der Waals surface area contributed by atoms with Gasteiger partial charge in [0.1, 0.15) is 6.04 Å². The van der Waals surface area contributed by atoms with Crippen LogP contribution in [0.15, 0.2) is 72.8 Å². The maximum Gasteiger partial charge on any atom is 0.243 e. The van der Waals surface area contributed by atoms with Crippen molar-refractivity contribution in [2.24, 2.45) is 0 Å². The van der Waals surface area contributed by atoms with Crippen molar-refractivity contribution >= 4 is 35.0 Å². The molecule has 35 heavy (non-hydrogen) atoms. The van der Waals surface area contributed by atoms with Crippen molar-refractivity contribution < 1.29 is 9.59 Å². The maximum atomic E-state index is 13.7. The maximum absolute atomic E-state index is 13.7. The topological polar surface area (TPSA) is 49.4 Å². The average molecular weight is 511 g/mol. The lowest BCUT2D eigenvalue weighted by Crippen LogP contribution is -2.52. The molecule has 3 aromatic carbocycles. The van der Waals surface area contributed by atoms with Crippen LogP contribution < -0.4 is 5.32 Å². The molecule has 0 radical (unpaired) electrons. The third-order valence-corrected chi connectivity index (χ3v) is 6.69. The summed E-state index contributed by atoms with van der Waals surface area (Å²) in [6, 6.07) is 22.1. The van der Waals surface area contributed by atoms with Gasteiger partial charge in [0, 0.05) is 29.1 Å². The summed E-state index contributed by atoms with van der Waals surface area (Å²) in [6.45, 7) is 6.19. The van der Waals surface area contributed by atoms with Gasteiger partial charge in [0.2, 0.25) is 11.8 Å². The van der Waals surface area contributed by atoms with Crippen molar-refractivity contribution in [2.45, 2.75) is 58.7 Å². The van der Waals surface area contributed by atoms with Gasteiger partial charge >= 0.3 is 0 Å². The lowest BCUT2D eigenvalue weighted by Gasteiger charge is -2.32. The van der Waals surface area contributed by atoms with Crippen molar-refractivity contribution in [2.75, 3.05) is 0 Å². The minimum absolute atomic E-state index is 0.00561. The molecule has 3 aromatic rings. The molecule has 2 amide bonds. The number of aryl methyl sites for hydroxylation is 1. The molecule has 4 nitrogen and oxygen atoms in total. The van der Waals surface area contributed by atoms with Crippen LogP contribution in [0.2, 0.25) is 10.0 Å². The van der Waals surface area contributed by atoms with E-state index in [-0.39, 0.29) is 30.8 Å². The van der Waals surface area contributed by atoms with Crippen LogP contribution in [0.5, 0.6) is 0 Å². The second-order valence-electron chi connectivity index (χ2n) is 8.94. The van der Waals surface area contributed by atoms with E-state index in [1.165, 1.54) is 0 Å². The van der Waals surface area contributed by atoms with Gasteiger partial charge in [-0.2, -0.15) is 0 Å². The number of rotatable bonds is 10. The molecular formula is C29H32Cl2N2O2. The van der Waals surface area contributed by atoms with E-state index in [9.17, 15) is 9.59 Å². The summed E-state index contributed by atoms with van der Waals surface area (Å²) >= 11 is 12.6. The summed E-state index contributed by atoms with van der Waals surface area (Å²) in [5, 5.41) is 4.06. The molecule has 0 saturated carbocycles. The van der Waals surface area contributed by atoms with Gasteiger partial charge in [-0.25, -0.2) is 0 Å². The van der Waals surface area contributed by atoms with E-state index in [4.69, 9.17) is 23.2 Å². The highest BCUT2D eigenvalue weighted by Crippen LogP contribution is 2.24. The molecule has 0 aliphatic rings. The molecule has 0 fully saturated rings. The molecule has 1 N–H and O–H groups in total. The molecular weight excluding hydrogens is 479 g/mol. The van der Waals surface area contributed by atoms with Gasteiger partial charge in [-0.1, -0.05) is 96.4 Å². The van der Waals surface area contributed by atoms with Crippen LogP contribution in [-0.2, 0) is 29.0 Å². The summed E-state index contributed by atoms with van der Waals surface area (Å²) in [5.41, 5.74) is 3.74. The van der Waals surface area contributed by atoms with Gasteiger partial charge in [0.15, 0.2) is 0 Å². The van der Waals surface area contributed by atoms with Crippen LogP contribution in [0.4, 0.5) is 0 Å². The number of carbonyl (C=O) groups excluding carboxylic acids is 2. The first-order chi connectivity index (χ1) is 16.8. The van der Waals surface area contributed by atoms with Crippen LogP contribution in [0.25, 0.3) is 0 Å². The summed E-state index contributed by atoms with van der Waals surface area (Å²) < 4.78 is 0. The first-order valence-corrected chi connectivity index (χ1v) is 12.7. The van der Waals surface area contributed by atoms with E-state index < -0.39 is 6.04 Å². The Morgan fingerprint density at radius 3 is 2.26 bits per heavy atom. The Labute approximate surface area is 218 Å². The minimum atomic E-state index is -0.698. The average Bonchev–Trinajstić information content (AvgIpc) is 2.84. The van der Waals surface area contributed by atoms with Crippen molar-refractivity contribution in [1.29, 1.82) is 0 Å². The molecule has 0 spiro atoms. The van der Waals surface area contributed by atoms with E-state index in [1.54, 1.807) is 17.0 Å². The number of nitrogens with one attached hydrogen (secondary N) is 1. The Balaban J connectivity index is 1.99. The number of halogens is 2. The smallest absolute Gasteiger partial charge is 0.243 e. The molecule has 0 saturated heterocycles. The van der Waals surface area contributed by atoms with Crippen LogP contribution in [0, 0.1) is 6.92 Å². The fraction of sp³-hybridized carbons (Fsp3) is 0.310. The molecule has 0 unspecified atom stereocenters. The lowest BCUT2D eigenvalue weighted by atomic mass is 10.0. The predicted molar refractivity (Wildman–Crippen MR) is 144 cm³/mol. The number of benzene rings is 3. The number of carbonyl (C=O) groups is 2. The van der Waals surface area contributed by atoms with E-state index >= 15 is 0 Å². The highest BCUT2D eigenvalue weighted by molar-refractivity contribution is 6.35. The highest BCUT2D eigenvalue weighted by atomic mass is 35.5. The highest BCUT2D eigenvalue weighted by Gasteiger charge is 2.31. The molecule has 0 aliphatic heterocycles. The SMILES string of the molecule is CC[C@@H](C)NC(=O)[C@@H](Cc1ccccc1)N(Cc1ccc(Cl)cc1Cl)C(=O)Cc1ccc(C)cc1. The summed E-state index contributed by atoms with van der Waals surface area (Å²) in [6.07, 6.45) is 1.38. The number of nitrogens with zero attached hydrogens (tertiary/aromatic N) is 1. The van der Waals surface area contributed by atoms with Crippen molar-refractivity contribution in [3.05, 3.63) is 105 Å². The summed E-state index contributed by atoms with van der Waals surface area (Å²) in [4.78, 5) is 28.9. The monoisotopic (exact) mass is 510 g/mol. The second kappa shape index (κ2) is 12.8. The third kappa shape index (κ3) is 7.84. The fourth-order valence-electron chi connectivity index (χ4n) is 3.81. The molecule has 0 aromatic heterocycles. The Bertz CT molecular complexity index is 1130. The summed E-state index contributed by atoms with van der Waals surface area (Å²) in [5.74, 6) is -0.314. The number of amides is 2. The van der Waals surface area contributed by atoms with E-state index in [0.29, 0.717) is 16.5 Å². The van der Waals surface area contributed by atoms with Crippen molar-refractivity contribution in [3.8, 4) is 0 Å². The lowest BCUT2D eigenvalue weighted by molar-refractivity contribution is -0.141. The molecule has 184 valence electrons. The van der Waals surface area contributed by atoms with E-state index in [1.807, 2.05) is 81.4 Å². The van der Waals surface area contributed by atoms with Gasteiger partial charge in [-0.3, -0.25) is 9.59 Å².